The molecule has 2 aromatic rings. The zero-order chi connectivity index (χ0) is 10.8. The highest BCUT2D eigenvalue weighted by Crippen LogP contribution is 2.32. The van der Waals surface area contributed by atoms with Crippen molar-refractivity contribution in [2.45, 2.75) is 13.0 Å². The van der Waals surface area contributed by atoms with Crippen molar-refractivity contribution in [3.05, 3.63) is 28.1 Å². The summed E-state index contributed by atoms with van der Waals surface area (Å²) in [6, 6.07) is 1.71. The van der Waals surface area contributed by atoms with Crippen molar-refractivity contribution in [2.24, 2.45) is 5.73 Å². The molecule has 0 radical (unpaired) electrons. The Bertz CT molecular complexity index is 450. The van der Waals surface area contributed by atoms with Gasteiger partial charge in [0.25, 0.3) is 0 Å². The average Bonchev–Trinajstić information content (AvgIpc) is 2.84. The Morgan fingerprint density at radius 2 is 2.33 bits per heavy atom. The minimum Gasteiger partial charge on any atom is -0.394 e. The van der Waals surface area contributed by atoms with Crippen LogP contribution in [0.25, 0.3) is 9.88 Å². The van der Waals surface area contributed by atoms with E-state index in [0.29, 0.717) is 0 Å². The van der Waals surface area contributed by atoms with Crippen LogP contribution >= 0.6 is 22.7 Å². The minimum atomic E-state index is -0.365. The average molecular weight is 240 g/mol. The van der Waals surface area contributed by atoms with Gasteiger partial charge in [-0.1, -0.05) is 0 Å². The molecule has 0 aliphatic rings. The van der Waals surface area contributed by atoms with Gasteiger partial charge in [-0.3, -0.25) is 0 Å². The molecule has 0 amide bonds. The molecule has 5 heteroatoms. The van der Waals surface area contributed by atoms with E-state index in [2.05, 4.69) is 23.4 Å². The largest absolute Gasteiger partial charge is 0.394 e. The lowest BCUT2D eigenvalue weighted by Crippen LogP contribution is -2.14. The lowest BCUT2D eigenvalue weighted by atomic mass is 10.2. The molecule has 0 aliphatic heterocycles. The zero-order valence-electron chi connectivity index (χ0n) is 8.30. The highest BCUT2D eigenvalue weighted by Gasteiger charge is 2.12. The predicted molar refractivity (Wildman–Crippen MR) is 64.2 cm³/mol. The lowest BCUT2D eigenvalue weighted by Gasteiger charge is -2.02. The molecule has 0 aliphatic carbocycles. The van der Waals surface area contributed by atoms with Crippen LogP contribution in [0.5, 0.6) is 0 Å². The second-order valence-electron chi connectivity index (χ2n) is 3.30. The van der Waals surface area contributed by atoms with Gasteiger partial charge >= 0.3 is 0 Å². The van der Waals surface area contributed by atoms with E-state index in [-0.39, 0.29) is 12.6 Å². The molecule has 0 bridgehead atoms. The topological polar surface area (TPSA) is 59.1 Å². The molecule has 15 heavy (non-hydrogen) atoms. The third kappa shape index (κ3) is 2.10. The van der Waals surface area contributed by atoms with Crippen LogP contribution in [0.4, 0.5) is 0 Å². The van der Waals surface area contributed by atoms with E-state index in [1.165, 1.54) is 10.4 Å². The van der Waals surface area contributed by atoms with Gasteiger partial charge in [-0.05, 0) is 23.9 Å². The maximum absolute atomic E-state index is 8.92. The first-order chi connectivity index (χ1) is 7.22. The molecule has 0 aromatic carbocycles. The summed E-state index contributed by atoms with van der Waals surface area (Å²) in [4.78, 5) is 5.62. The van der Waals surface area contributed by atoms with E-state index < -0.39 is 0 Å². The van der Waals surface area contributed by atoms with Crippen LogP contribution in [0, 0.1) is 6.92 Å². The number of aliphatic hydroxyl groups excluding tert-OH is 1. The van der Waals surface area contributed by atoms with Gasteiger partial charge in [-0.15, -0.1) is 22.7 Å². The van der Waals surface area contributed by atoms with Crippen molar-refractivity contribution in [2.75, 3.05) is 6.61 Å². The number of nitrogens with two attached hydrogens (primary N) is 1. The Morgan fingerprint density at radius 3 is 2.93 bits per heavy atom. The van der Waals surface area contributed by atoms with Gasteiger partial charge in [0.2, 0.25) is 0 Å². The molecule has 2 aromatic heterocycles. The van der Waals surface area contributed by atoms with Crippen LogP contribution in [0.1, 0.15) is 17.3 Å². The van der Waals surface area contributed by atoms with Crippen molar-refractivity contribution in [1.29, 1.82) is 0 Å². The van der Waals surface area contributed by atoms with Crippen molar-refractivity contribution in [1.82, 2.24) is 4.98 Å². The van der Waals surface area contributed by atoms with E-state index in [9.17, 15) is 0 Å². The van der Waals surface area contributed by atoms with Crippen molar-refractivity contribution in [3.8, 4) is 9.88 Å². The summed E-state index contributed by atoms with van der Waals surface area (Å²) in [6.07, 6.45) is 0. The maximum atomic E-state index is 8.92. The van der Waals surface area contributed by atoms with E-state index in [0.717, 1.165) is 10.7 Å². The molecule has 0 saturated carbocycles. The SMILES string of the molecule is Cc1ccsc1-c1nc(C(N)CO)cs1. The highest BCUT2D eigenvalue weighted by atomic mass is 32.1. The fraction of sp³-hybridized carbons (Fsp3) is 0.300. The summed E-state index contributed by atoms with van der Waals surface area (Å²) in [5, 5.41) is 13.9. The molecular weight excluding hydrogens is 228 g/mol. The molecule has 0 spiro atoms. The van der Waals surface area contributed by atoms with E-state index in [1.807, 2.05) is 5.38 Å². The van der Waals surface area contributed by atoms with Crippen LogP contribution in [-0.2, 0) is 0 Å². The first-order valence-electron chi connectivity index (χ1n) is 4.58. The smallest absolute Gasteiger partial charge is 0.133 e. The molecule has 1 atom stereocenters. The van der Waals surface area contributed by atoms with Gasteiger partial charge in [0.15, 0.2) is 0 Å². The quantitative estimate of drug-likeness (QED) is 0.864. The number of hydrogen-bond acceptors (Lipinski definition) is 5. The molecule has 2 heterocycles. The summed E-state index contributed by atoms with van der Waals surface area (Å²) in [6.45, 7) is 2.01. The van der Waals surface area contributed by atoms with Gasteiger partial charge in [0, 0.05) is 5.38 Å². The molecule has 0 fully saturated rings. The van der Waals surface area contributed by atoms with Gasteiger partial charge in [-0.2, -0.15) is 0 Å². The number of hydrogen-bond donors (Lipinski definition) is 2. The predicted octanol–water partition coefficient (Wildman–Crippen LogP) is 2.17. The maximum Gasteiger partial charge on any atom is 0.133 e. The number of aryl methyl sites for hydroxylation is 1. The first kappa shape index (κ1) is 10.8. The monoisotopic (exact) mass is 240 g/mol. The summed E-state index contributed by atoms with van der Waals surface area (Å²) in [5.41, 5.74) is 7.70. The summed E-state index contributed by atoms with van der Waals surface area (Å²) < 4.78 is 0. The van der Waals surface area contributed by atoms with E-state index in [1.54, 1.807) is 22.7 Å². The van der Waals surface area contributed by atoms with E-state index >= 15 is 0 Å². The van der Waals surface area contributed by atoms with Gasteiger partial charge in [0.1, 0.15) is 5.01 Å². The zero-order valence-corrected chi connectivity index (χ0v) is 9.94. The van der Waals surface area contributed by atoms with Crippen LogP contribution in [0.3, 0.4) is 0 Å². The Balaban J connectivity index is 2.32. The van der Waals surface area contributed by atoms with Gasteiger partial charge in [0.05, 0.1) is 23.2 Å². The second kappa shape index (κ2) is 4.40. The van der Waals surface area contributed by atoms with Crippen LogP contribution in [0.15, 0.2) is 16.8 Å². The normalized spacial score (nSPS) is 13.0. The van der Waals surface area contributed by atoms with Gasteiger partial charge < -0.3 is 10.8 Å². The molecule has 0 saturated heterocycles. The Hall–Kier alpha value is -0.750. The van der Waals surface area contributed by atoms with E-state index in [4.69, 9.17) is 10.8 Å². The second-order valence-corrected chi connectivity index (χ2v) is 5.07. The van der Waals surface area contributed by atoms with Crippen molar-refractivity contribution < 1.29 is 5.11 Å². The minimum absolute atomic E-state index is 0.0629. The van der Waals surface area contributed by atoms with Gasteiger partial charge in [-0.25, -0.2) is 4.98 Å². The van der Waals surface area contributed by atoms with Crippen molar-refractivity contribution >= 4 is 22.7 Å². The van der Waals surface area contributed by atoms with Crippen molar-refractivity contribution in [3.63, 3.8) is 0 Å². The number of thiazole rings is 1. The number of aliphatic hydroxyl groups is 1. The molecule has 2 rings (SSSR count). The van der Waals surface area contributed by atoms with Crippen LogP contribution in [0.2, 0.25) is 0 Å². The number of aromatic nitrogens is 1. The fourth-order valence-electron chi connectivity index (χ4n) is 1.25. The van der Waals surface area contributed by atoms with Crippen LogP contribution < -0.4 is 5.73 Å². The lowest BCUT2D eigenvalue weighted by molar-refractivity contribution is 0.266. The molecule has 80 valence electrons. The van der Waals surface area contributed by atoms with Crippen LogP contribution in [-0.4, -0.2) is 16.7 Å². The number of nitrogens with zero attached hydrogens (tertiary/aromatic N) is 1. The Kier molecular flexibility index (Phi) is 3.16. The Labute approximate surface area is 96.2 Å². The summed E-state index contributed by atoms with van der Waals surface area (Å²) in [5.74, 6) is 0. The summed E-state index contributed by atoms with van der Waals surface area (Å²) >= 11 is 3.25. The standard InChI is InChI=1S/C10H12N2OS2/c1-6-2-3-14-9(6)10-12-8(5-15-10)7(11)4-13/h2-3,5,7,13H,4,11H2,1H3. The molecule has 3 nitrogen and oxygen atoms in total. The molecular formula is C10H12N2OS2. The molecule has 1 unspecified atom stereocenters. The third-order valence-electron chi connectivity index (χ3n) is 2.15. The molecule has 3 N–H and O–H groups in total. The number of thiophene rings is 1. The highest BCUT2D eigenvalue weighted by molar-refractivity contribution is 7.20. The Morgan fingerprint density at radius 1 is 1.53 bits per heavy atom. The number of rotatable bonds is 3. The first-order valence-corrected chi connectivity index (χ1v) is 6.34. The fourth-order valence-corrected chi connectivity index (χ4v) is 3.23. The summed E-state index contributed by atoms with van der Waals surface area (Å²) in [7, 11) is 0. The third-order valence-corrected chi connectivity index (χ3v) is 4.19.